The van der Waals surface area contributed by atoms with Gasteiger partial charge >= 0.3 is 0 Å². The van der Waals surface area contributed by atoms with Gasteiger partial charge in [0, 0.05) is 105 Å². The molecule has 3 fully saturated rings. The summed E-state index contributed by atoms with van der Waals surface area (Å²) in [5.41, 5.74) is 3.67. The number of aromatic nitrogens is 2. The number of ether oxygens (including phenoxy) is 1. The number of fused-ring (bicyclic) bond motifs is 2. The third-order valence-electron chi connectivity index (χ3n) is 12.0. The number of anilines is 4. The van der Waals surface area contributed by atoms with Crippen LogP contribution in [0, 0.1) is 5.82 Å². The molecule has 62 heavy (non-hydrogen) atoms. The van der Waals surface area contributed by atoms with Crippen molar-refractivity contribution in [3.8, 4) is 5.75 Å². The Kier molecular flexibility index (Phi) is 12.9. The lowest BCUT2D eigenvalue weighted by Crippen LogP contribution is -2.54. The predicted octanol–water partition coefficient (Wildman–Crippen LogP) is 4.54. The Morgan fingerprint density at radius 2 is 1.79 bits per heavy atom. The number of carbonyl (C=O) groups is 5. The summed E-state index contributed by atoms with van der Waals surface area (Å²) in [6.07, 6.45) is 7.60. The third-order valence-corrected chi connectivity index (χ3v) is 12.3. The van der Waals surface area contributed by atoms with Crippen LogP contribution in [-0.2, 0) is 25.7 Å². The van der Waals surface area contributed by atoms with Crippen molar-refractivity contribution in [1.82, 2.24) is 34.9 Å². The molecule has 3 saturated heterocycles. The van der Waals surface area contributed by atoms with Gasteiger partial charge in [0.2, 0.25) is 23.6 Å². The first-order valence-electron chi connectivity index (χ1n) is 20.8. The van der Waals surface area contributed by atoms with Gasteiger partial charge in [0.25, 0.3) is 5.91 Å². The minimum atomic E-state index is -0.680. The molecule has 4 aliphatic heterocycles. The van der Waals surface area contributed by atoms with E-state index in [0.717, 1.165) is 50.3 Å². The van der Waals surface area contributed by atoms with Gasteiger partial charge in [0.05, 0.1) is 23.3 Å². The second kappa shape index (κ2) is 18.8. The maximum absolute atomic E-state index is 13.7. The van der Waals surface area contributed by atoms with E-state index in [1.54, 1.807) is 30.3 Å². The first-order chi connectivity index (χ1) is 30.0. The smallest absolute Gasteiger partial charge is 0.255 e. The molecular formula is C44H48ClFN10O6. The molecule has 1 unspecified atom stereocenters. The van der Waals surface area contributed by atoms with Gasteiger partial charge in [-0.3, -0.25) is 39.1 Å². The van der Waals surface area contributed by atoms with E-state index in [1.807, 2.05) is 17.0 Å². The highest BCUT2D eigenvalue weighted by atomic mass is 35.5. The van der Waals surface area contributed by atoms with Crippen molar-refractivity contribution in [3.05, 3.63) is 89.0 Å². The van der Waals surface area contributed by atoms with E-state index in [4.69, 9.17) is 16.3 Å². The van der Waals surface area contributed by atoms with Gasteiger partial charge in [0.15, 0.2) is 0 Å². The van der Waals surface area contributed by atoms with Gasteiger partial charge in [-0.15, -0.1) is 0 Å². The predicted molar refractivity (Wildman–Crippen MR) is 232 cm³/mol. The zero-order valence-electron chi connectivity index (χ0n) is 34.3. The van der Waals surface area contributed by atoms with Gasteiger partial charge in [-0.25, -0.2) is 14.4 Å². The molecule has 5 amide bonds. The fourth-order valence-corrected chi connectivity index (χ4v) is 8.84. The molecule has 1 aromatic heterocycles. The molecular weight excluding hydrogens is 819 g/mol. The van der Waals surface area contributed by atoms with Crippen LogP contribution in [0.3, 0.4) is 0 Å². The highest BCUT2D eigenvalue weighted by Crippen LogP contribution is 2.35. The van der Waals surface area contributed by atoms with Crippen molar-refractivity contribution < 1.29 is 33.1 Å². The van der Waals surface area contributed by atoms with Crippen LogP contribution < -0.4 is 26.0 Å². The minimum Gasteiger partial charge on any atom is -0.494 e. The molecule has 4 N–H and O–H groups in total. The Labute approximate surface area is 362 Å². The van der Waals surface area contributed by atoms with Crippen molar-refractivity contribution >= 4 is 74.9 Å². The summed E-state index contributed by atoms with van der Waals surface area (Å²) in [6, 6.07) is 12.9. The fourth-order valence-electron chi connectivity index (χ4n) is 8.66. The number of methoxy groups -OCH3 is 1. The molecule has 0 saturated carbocycles. The summed E-state index contributed by atoms with van der Waals surface area (Å²) in [5.74, 6) is -0.862. The van der Waals surface area contributed by atoms with Gasteiger partial charge in [-0.1, -0.05) is 23.7 Å². The largest absolute Gasteiger partial charge is 0.494 e. The first kappa shape index (κ1) is 42.5. The summed E-state index contributed by atoms with van der Waals surface area (Å²) in [5, 5.41) is 12.3. The SMILES string of the molecule is COc1cc2ncnc(Nc3ccc(F)c(Cl)c3)c2cc1NC(=O)/C=C/CN1CCC(N2CCN(C(=O)CCNc3cccc4c3CN(C3CCC(=O)NC3=O)C4=O)CC2)CC1. The lowest BCUT2D eigenvalue weighted by atomic mass is 10.0. The lowest BCUT2D eigenvalue weighted by Gasteiger charge is -2.42. The zero-order chi connectivity index (χ0) is 43.3. The zero-order valence-corrected chi connectivity index (χ0v) is 35.0. The average Bonchev–Trinajstić information content (AvgIpc) is 3.61. The number of piperidine rings is 2. The number of nitrogens with zero attached hydrogens (tertiary/aromatic N) is 6. The number of piperazine rings is 1. The Morgan fingerprint density at radius 1 is 0.984 bits per heavy atom. The molecule has 0 radical (unpaired) electrons. The van der Waals surface area contributed by atoms with E-state index in [9.17, 15) is 28.4 Å². The number of amides is 5. The normalized spacial score (nSPS) is 18.9. The second-order valence-electron chi connectivity index (χ2n) is 15.8. The molecule has 16 nitrogen and oxygen atoms in total. The van der Waals surface area contributed by atoms with Crippen LogP contribution >= 0.6 is 11.6 Å². The number of rotatable bonds is 13. The molecule has 324 valence electrons. The number of hydrogen-bond donors (Lipinski definition) is 4. The summed E-state index contributed by atoms with van der Waals surface area (Å²) in [6.45, 7) is 6.09. The topological polar surface area (TPSA) is 181 Å². The second-order valence-corrected chi connectivity index (χ2v) is 16.2. The van der Waals surface area contributed by atoms with E-state index < -0.39 is 17.8 Å². The van der Waals surface area contributed by atoms with Crippen molar-refractivity contribution in [2.45, 2.75) is 50.7 Å². The van der Waals surface area contributed by atoms with Gasteiger partial charge < -0.3 is 30.5 Å². The lowest BCUT2D eigenvalue weighted by molar-refractivity contribution is -0.137. The average molecular weight is 867 g/mol. The molecule has 5 heterocycles. The molecule has 0 spiro atoms. The number of benzene rings is 3. The molecule has 4 aromatic rings. The molecule has 0 bridgehead atoms. The van der Waals surface area contributed by atoms with Crippen LogP contribution in [0.25, 0.3) is 10.9 Å². The van der Waals surface area contributed by atoms with Crippen LogP contribution in [0.2, 0.25) is 5.02 Å². The molecule has 0 aliphatic carbocycles. The molecule has 3 aromatic carbocycles. The van der Waals surface area contributed by atoms with Gasteiger partial charge in [-0.05, 0) is 68.8 Å². The number of likely N-dealkylation sites (tertiary alicyclic amines) is 1. The van der Waals surface area contributed by atoms with E-state index in [1.165, 1.54) is 36.5 Å². The van der Waals surface area contributed by atoms with Crippen LogP contribution in [-0.4, -0.2) is 131 Å². The van der Waals surface area contributed by atoms with Crippen molar-refractivity contribution in [3.63, 3.8) is 0 Å². The number of halogens is 2. The van der Waals surface area contributed by atoms with Crippen LogP contribution in [0.4, 0.5) is 27.3 Å². The van der Waals surface area contributed by atoms with E-state index >= 15 is 0 Å². The van der Waals surface area contributed by atoms with Crippen LogP contribution in [0.1, 0.15) is 48.0 Å². The van der Waals surface area contributed by atoms with Crippen LogP contribution in [0.5, 0.6) is 5.75 Å². The quantitative estimate of drug-likeness (QED) is 0.109. The minimum absolute atomic E-state index is 0.0236. The highest BCUT2D eigenvalue weighted by molar-refractivity contribution is 6.31. The Bertz CT molecular complexity index is 2420. The standard InChI is InChI=1S/C44H48ClFN10O6/c1-62-38-24-35-30(42(49-26-48-35)50-27-7-8-33(46)32(45)22-27)23-36(38)51-39(57)6-3-15-53-16-12-28(13-17-53)54-18-20-55(21-19-54)41(59)11-14-47-34-5-2-4-29-31(34)25-56(44(29)61)37-9-10-40(58)52-43(37)60/h2-8,22-24,26,28,37,47H,9-21,25H2,1H3,(H,51,57)(H,48,49,50)(H,52,58,60)/b6-3+. The van der Waals surface area contributed by atoms with Crippen molar-refractivity contribution in [2.75, 3.05) is 75.4 Å². The summed E-state index contributed by atoms with van der Waals surface area (Å²) in [4.78, 5) is 80.5. The van der Waals surface area contributed by atoms with E-state index in [0.29, 0.717) is 84.5 Å². The monoisotopic (exact) mass is 866 g/mol. The first-order valence-corrected chi connectivity index (χ1v) is 21.2. The molecule has 8 rings (SSSR count). The van der Waals surface area contributed by atoms with Crippen molar-refractivity contribution in [1.29, 1.82) is 0 Å². The van der Waals surface area contributed by atoms with Crippen LogP contribution in [0.15, 0.2) is 67.0 Å². The molecule has 1 atom stereocenters. The maximum atomic E-state index is 13.7. The highest BCUT2D eigenvalue weighted by Gasteiger charge is 2.40. The molecule has 18 heteroatoms. The third kappa shape index (κ3) is 9.49. The Hall–Kier alpha value is -6.17. The molecule has 4 aliphatic rings. The summed E-state index contributed by atoms with van der Waals surface area (Å²) < 4.78 is 19.3. The summed E-state index contributed by atoms with van der Waals surface area (Å²) >= 11 is 5.97. The van der Waals surface area contributed by atoms with Gasteiger partial charge in [-0.2, -0.15) is 0 Å². The summed E-state index contributed by atoms with van der Waals surface area (Å²) in [7, 11) is 1.52. The maximum Gasteiger partial charge on any atom is 0.255 e. The number of carbonyl (C=O) groups excluding carboxylic acids is 5. The number of nitrogens with one attached hydrogen (secondary N) is 4. The number of hydrogen-bond acceptors (Lipinski definition) is 12. The van der Waals surface area contributed by atoms with Gasteiger partial charge in [0.1, 0.15) is 29.8 Å². The fraction of sp³-hybridized carbons (Fsp3) is 0.386. The van der Waals surface area contributed by atoms with E-state index in [2.05, 4.69) is 41.0 Å². The van der Waals surface area contributed by atoms with Crippen molar-refractivity contribution in [2.24, 2.45) is 0 Å². The Morgan fingerprint density at radius 3 is 2.55 bits per heavy atom. The van der Waals surface area contributed by atoms with E-state index in [-0.39, 0.29) is 41.6 Å². The Balaban J connectivity index is 0.757. The number of imide groups is 1.